The smallest absolute Gasteiger partial charge is 0.465 e. The Morgan fingerprint density at radius 1 is 1.10 bits per heavy atom. The highest BCUT2D eigenvalue weighted by Gasteiger charge is 2.52. The van der Waals surface area contributed by atoms with Crippen LogP contribution in [0.3, 0.4) is 0 Å². The van der Waals surface area contributed by atoms with Crippen LogP contribution >= 0.6 is 0 Å². The first-order chi connectivity index (χ1) is 9.59. The fraction of sp³-hybridized carbons (Fsp3) is 0.500. The summed E-state index contributed by atoms with van der Waals surface area (Å²) in [5.41, 5.74) is -1.72. The zero-order valence-electron chi connectivity index (χ0n) is 12.6. The van der Waals surface area contributed by atoms with Crippen molar-refractivity contribution >= 4 is 18.6 Å². The number of esters is 1. The van der Waals surface area contributed by atoms with Gasteiger partial charge in [-0.05, 0) is 33.8 Å². The van der Waals surface area contributed by atoms with Crippen LogP contribution in [0.2, 0.25) is 0 Å². The minimum Gasteiger partial charge on any atom is -0.465 e. The van der Waals surface area contributed by atoms with Crippen LogP contribution in [-0.4, -0.2) is 31.4 Å². The van der Waals surface area contributed by atoms with Crippen molar-refractivity contribution in [3.05, 3.63) is 29.3 Å². The van der Waals surface area contributed by atoms with E-state index in [4.69, 9.17) is 9.31 Å². The van der Waals surface area contributed by atoms with Gasteiger partial charge in [0.15, 0.2) is 0 Å². The number of carbonyl (C=O) groups is 1. The molecule has 1 heterocycles. The predicted molar refractivity (Wildman–Crippen MR) is 73.4 cm³/mol. The van der Waals surface area contributed by atoms with Gasteiger partial charge in [-0.25, -0.2) is 13.6 Å². The second kappa shape index (κ2) is 5.07. The highest BCUT2D eigenvalue weighted by Crippen LogP contribution is 2.36. The van der Waals surface area contributed by atoms with E-state index >= 15 is 0 Å². The van der Waals surface area contributed by atoms with Gasteiger partial charge < -0.3 is 14.0 Å². The first-order valence-electron chi connectivity index (χ1n) is 6.52. The monoisotopic (exact) mass is 298 g/mol. The zero-order chi connectivity index (χ0) is 16.0. The Balaban J connectivity index is 2.44. The summed E-state index contributed by atoms with van der Waals surface area (Å²) in [4.78, 5) is 11.5. The summed E-state index contributed by atoms with van der Waals surface area (Å²) < 4.78 is 43.5. The Labute approximate surface area is 122 Å². The molecule has 0 N–H and O–H groups in total. The first-order valence-corrected chi connectivity index (χ1v) is 6.52. The fourth-order valence-electron chi connectivity index (χ4n) is 1.98. The van der Waals surface area contributed by atoms with Gasteiger partial charge in [0, 0.05) is 11.5 Å². The van der Waals surface area contributed by atoms with Crippen LogP contribution < -0.4 is 5.46 Å². The molecule has 0 aromatic heterocycles. The summed E-state index contributed by atoms with van der Waals surface area (Å²) in [6, 6.07) is 1.70. The topological polar surface area (TPSA) is 44.8 Å². The largest absolute Gasteiger partial charge is 0.497 e. The zero-order valence-corrected chi connectivity index (χ0v) is 12.6. The van der Waals surface area contributed by atoms with Crippen LogP contribution in [0.25, 0.3) is 0 Å². The number of hydrogen-bond acceptors (Lipinski definition) is 4. The summed E-state index contributed by atoms with van der Waals surface area (Å²) in [6.07, 6.45) is 0. The maximum Gasteiger partial charge on any atom is 0.497 e. The van der Waals surface area contributed by atoms with E-state index in [1.54, 1.807) is 0 Å². The molecule has 1 aromatic carbocycles. The normalized spacial score (nSPS) is 19.7. The second-order valence-corrected chi connectivity index (χ2v) is 5.93. The van der Waals surface area contributed by atoms with E-state index in [1.165, 1.54) is 0 Å². The van der Waals surface area contributed by atoms with Gasteiger partial charge in [0.2, 0.25) is 0 Å². The maximum absolute atomic E-state index is 14.0. The van der Waals surface area contributed by atoms with Crippen LogP contribution in [0.5, 0.6) is 0 Å². The molecule has 114 valence electrons. The lowest BCUT2D eigenvalue weighted by Crippen LogP contribution is -2.41. The molecule has 0 spiro atoms. The van der Waals surface area contributed by atoms with E-state index in [-0.39, 0.29) is 11.0 Å². The summed E-state index contributed by atoms with van der Waals surface area (Å²) in [7, 11) is 0.110. The lowest BCUT2D eigenvalue weighted by molar-refractivity contribution is 0.00578. The first kappa shape index (κ1) is 15.9. The SMILES string of the molecule is COC(=O)c1cc(B2OC(C)(C)C(C)(C)O2)c(F)cc1F. The lowest BCUT2D eigenvalue weighted by atomic mass is 9.78. The number of methoxy groups -OCH3 is 1. The summed E-state index contributed by atoms with van der Waals surface area (Å²) >= 11 is 0. The molecule has 1 aliphatic heterocycles. The molecule has 0 radical (unpaired) electrons. The fourth-order valence-corrected chi connectivity index (χ4v) is 1.98. The molecule has 1 aliphatic rings. The van der Waals surface area contributed by atoms with E-state index in [1.807, 2.05) is 27.7 Å². The molecular weight excluding hydrogens is 281 g/mol. The highest BCUT2D eigenvalue weighted by atomic mass is 19.1. The molecule has 0 unspecified atom stereocenters. The maximum atomic E-state index is 14.0. The van der Waals surface area contributed by atoms with Gasteiger partial charge >= 0.3 is 13.1 Å². The number of halogens is 2. The quantitative estimate of drug-likeness (QED) is 0.619. The van der Waals surface area contributed by atoms with Crippen LogP contribution in [0.15, 0.2) is 12.1 Å². The number of carbonyl (C=O) groups excluding carboxylic acids is 1. The Hall–Kier alpha value is -1.47. The Morgan fingerprint density at radius 2 is 1.62 bits per heavy atom. The van der Waals surface area contributed by atoms with Crippen molar-refractivity contribution in [3.63, 3.8) is 0 Å². The summed E-state index contributed by atoms with van der Waals surface area (Å²) in [6.45, 7) is 7.26. The van der Waals surface area contributed by atoms with Crippen molar-refractivity contribution in [1.29, 1.82) is 0 Å². The van der Waals surface area contributed by atoms with Crippen LogP contribution in [0.1, 0.15) is 38.1 Å². The minimum absolute atomic E-state index is 0.0320. The summed E-state index contributed by atoms with van der Waals surface area (Å²) in [5, 5.41) is 0. The summed E-state index contributed by atoms with van der Waals surface area (Å²) in [5.74, 6) is -2.71. The molecule has 7 heteroatoms. The van der Waals surface area contributed by atoms with Crippen molar-refractivity contribution in [1.82, 2.24) is 0 Å². The van der Waals surface area contributed by atoms with Crippen LogP contribution in [-0.2, 0) is 14.0 Å². The van der Waals surface area contributed by atoms with Crippen molar-refractivity contribution in [2.75, 3.05) is 7.11 Å². The third kappa shape index (κ3) is 2.67. The predicted octanol–water partition coefficient (Wildman–Crippen LogP) is 2.05. The minimum atomic E-state index is -1.01. The highest BCUT2D eigenvalue weighted by molar-refractivity contribution is 6.62. The number of ether oxygens (including phenoxy) is 1. The van der Waals surface area contributed by atoms with Crippen molar-refractivity contribution in [3.8, 4) is 0 Å². The molecular formula is C14H17BF2O4. The average molecular weight is 298 g/mol. The van der Waals surface area contributed by atoms with Gasteiger partial charge in [0.05, 0.1) is 23.9 Å². The molecule has 4 nitrogen and oxygen atoms in total. The van der Waals surface area contributed by atoms with Crippen molar-refractivity contribution in [2.24, 2.45) is 0 Å². The van der Waals surface area contributed by atoms with E-state index in [0.717, 1.165) is 13.2 Å². The molecule has 0 bridgehead atoms. The molecule has 0 atom stereocenters. The molecule has 1 saturated heterocycles. The van der Waals surface area contributed by atoms with Gasteiger partial charge in [-0.3, -0.25) is 0 Å². The van der Waals surface area contributed by atoms with Crippen molar-refractivity contribution in [2.45, 2.75) is 38.9 Å². The molecule has 0 aliphatic carbocycles. The molecule has 0 amide bonds. The number of benzene rings is 1. The Bertz CT molecular complexity index is 571. The average Bonchev–Trinajstić information content (AvgIpc) is 2.57. The van der Waals surface area contributed by atoms with E-state index < -0.39 is 35.9 Å². The second-order valence-electron chi connectivity index (χ2n) is 5.93. The van der Waals surface area contributed by atoms with Gasteiger partial charge in [-0.15, -0.1) is 0 Å². The number of rotatable bonds is 2. The van der Waals surface area contributed by atoms with E-state index in [0.29, 0.717) is 6.07 Å². The van der Waals surface area contributed by atoms with Crippen molar-refractivity contribution < 1.29 is 27.6 Å². The van der Waals surface area contributed by atoms with Crippen LogP contribution in [0.4, 0.5) is 8.78 Å². The van der Waals surface area contributed by atoms with E-state index in [9.17, 15) is 13.6 Å². The standard InChI is InChI=1S/C14H17BF2O4/c1-13(2)14(3,4)21-15(20-13)9-6-8(12(18)19-5)10(16)7-11(9)17/h6-7H,1-5H3. The number of hydrogen-bond donors (Lipinski definition) is 0. The van der Waals surface area contributed by atoms with Crippen LogP contribution in [0, 0.1) is 11.6 Å². The molecule has 2 rings (SSSR count). The van der Waals surface area contributed by atoms with Gasteiger partial charge in [0.1, 0.15) is 11.6 Å². The van der Waals surface area contributed by atoms with Gasteiger partial charge in [-0.2, -0.15) is 0 Å². The Kier molecular flexibility index (Phi) is 3.84. The van der Waals surface area contributed by atoms with Gasteiger partial charge in [0.25, 0.3) is 0 Å². The molecule has 21 heavy (non-hydrogen) atoms. The third-order valence-corrected chi connectivity index (χ3v) is 4.00. The van der Waals surface area contributed by atoms with Gasteiger partial charge in [-0.1, -0.05) is 0 Å². The lowest BCUT2D eigenvalue weighted by Gasteiger charge is -2.32. The Morgan fingerprint density at radius 3 is 2.10 bits per heavy atom. The third-order valence-electron chi connectivity index (χ3n) is 4.00. The molecule has 1 fully saturated rings. The molecule has 0 saturated carbocycles. The molecule has 1 aromatic rings. The van der Waals surface area contributed by atoms with E-state index in [2.05, 4.69) is 4.74 Å².